The second-order valence-electron chi connectivity index (χ2n) is 12.7. The highest BCUT2D eigenvalue weighted by Crippen LogP contribution is 2.61. The second kappa shape index (κ2) is 10.1. The molecule has 0 unspecified atom stereocenters. The zero-order valence-corrected chi connectivity index (χ0v) is 21.7. The Morgan fingerprint density at radius 3 is 2.28 bits per heavy atom. The molecule has 5 fully saturated rings. The average Bonchev–Trinajstić information content (AvgIpc) is 2.78. The third-order valence-corrected chi connectivity index (χ3v) is 9.04. The topological polar surface area (TPSA) is 98.7 Å². The minimum atomic E-state index is -0.571. The minimum absolute atomic E-state index is 0.0649. The number of benzene rings is 1. The maximum absolute atomic E-state index is 13.5. The number of piperazine rings is 1. The van der Waals surface area contributed by atoms with E-state index >= 15 is 0 Å². The summed E-state index contributed by atoms with van der Waals surface area (Å²) in [6, 6.07) is 6.60. The number of hydrogen-bond donors (Lipinski definition) is 3. The Morgan fingerprint density at radius 1 is 1.08 bits per heavy atom. The third-order valence-electron chi connectivity index (χ3n) is 9.04. The van der Waals surface area contributed by atoms with Gasteiger partial charge in [0.05, 0.1) is 6.04 Å². The number of hydrogen-bond acceptors (Lipinski definition) is 4. The van der Waals surface area contributed by atoms with Gasteiger partial charge in [-0.3, -0.25) is 14.4 Å². The van der Waals surface area contributed by atoms with Gasteiger partial charge in [0.25, 0.3) is 0 Å². The number of nitrogens with zero attached hydrogens (tertiary/aromatic N) is 1. The zero-order chi connectivity index (χ0) is 25.4. The molecule has 0 radical (unpaired) electrons. The molecule has 4 aliphatic carbocycles. The maximum Gasteiger partial charge on any atom is 0.312 e. The maximum atomic E-state index is 13.5. The van der Waals surface area contributed by atoms with E-state index in [1.165, 1.54) is 38.5 Å². The highest BCUT2D eigenvalue weighted by atomic mass is 16.3. The number of nitrogens with one attached hydrogen (secondary N) is 2. The van der Waals surface area contributed by atoms with Crippen LogP contribution in [0.2, 0.25) is 0 Å². The Bertz CT molecular complexity index is 953. The minimum Gasteiger partial charge on any atom is -0.508 e. The Hall–Kier alpha value is -2.57. The fourth-order valence-corrected chi connectivity index (χ4v) is 8.12. The van der Waals surface area contributed by atoms with E-state index in [0.717, 1.165) is 29.7 Å². The molecule has 0 aromatic heterocycles. The summed E-state index contributed by atoms with van der Waals surface area (Å²) in [6.07, 6.45) is 9.46. The van der Waals surface area contributed by atoms with Crippen molar-refractivity contribution in [2.45, 2.75) is 83.7 Å². The molecule has 1 aromatic carbocycles. The molecule has 6 rings (SSSR count). The molecule has 0 spiro atoms. The van der Waals surface area contributed by atoms with Gasteiger partial charge in [-0.25, -0.2) is 0 Å². The number of aromatic hydroxyl groups is 1. The summed E-state index contributed by atoms with van der Waals surface area (Å²) >= 11 is 0. The van der Waals surface area contributed by atoms with Crippen LogP contribution in [0, 0.1) is 29.1 Å². The lowest BCUT2D eigenvalue weighted by molar-refractivity contribution is -0.151. The summed E-state index contributed by atoms with van der Waals surface area (Å²) in [5.41, 5.74) is 1.12. The molecular weight excluding hydrogens is 454 g/mol. The second-order valence-corrected chi connectivity index (χ2v) is 12.7. The standard InChI is InChI=1S/C29H41N3O4/c1-18(2)7-24-16-30-27(35)28(36)32(24)17-23(11-19-3-5-25(33)6-4-19)31-26(34)15-29-12-20-8-21(13-29)10-22(9-20)14-29/h3-6,18,20-24,33H,7-17H2,1-2H3,(H,30,35)(H,31,34)/t20?,21?,22?,23-,24-,29?/m0/s1. The summed E-state index contributed by atoms with van der Waals surface area (Å²) in [7, 11) is 0. The van der Waals surface area contributed by atoms with Crippen molar-refractivity contribution in [1.82, 2.24) is 15.5 Å². The number of rotatable bonds is 9. The summed E-state index contributed by atoms with van der Waals surface area (Å²) in [6.45, 7) is 4.97. The van der Waals surface area contributed by atoms with Crippen LogP contribution in [0.1, 0.15) is 70.8 Å². The summed E-state index contributed by atoms with van der Waals surface area (Å²) in [4.78, 5) is 40.3. The van der Waals surface area contributed by atoms with Gasteiger partial charge in [-0.2, -0.15) is 0 Å². The van der Waals surface area contributed by atoms with Gasteiger partial charge in [-0.1, -0.05) is 26.0 Å². The normalized spacial score (nSPS) is 32.0. The van der Waals surface area contributed by atoms with E-state index in [2.05, 4.69) is 24.5 Å². The first kappa shape index (κ1) is 25.1. The predicted octanol–water partition coefficient (Wildman–Crippen LogP) is 3.40. The molecule has 3 amide bonds. The van der Waals surface area contributed by atoms with Crippen molar-refractivity contribution < 1.29 is 19.5 Å². The lowest BCUT2D eigenvalue weighted by Crippen LogP contribution is -2.61. The van der Waals surface area contributed by atoms with Crippen molar-refractivity contribution in [3.63, 3.8) is 0 Å². The molecule has 1 heterocycles. The number of phenolic OH excluding ortho intramolecular Hbond substituents is 1. The van der Waals surface area contributed by atoms with Crippen LogP contribution < -0.4 is 10.6 Å². The van der Waals surface area contributed by atoms with Crippen LogP contribution in [0.4, 0.5) is 0 Å². The number of carbonyl (C=O) groups excluding carboxylic acids is 3. The average molecular weight is 496 g/mol. The lowest BCUT2D eigenvalue weighted by atomic mass is 9.49. The molecule has 36 heavy (non-hydrogen) atoms. The Labute approximate surface area is 214 Å². The van der Waals surface area contributed by atoms with Crippen molar-refractivity contribution in [3.05, 3.63) is 29.8 Å². The Balaban J connectivity index is 1.31. The van der Waals surface area contributed by atoms with Crippen molar-refractivity contribution in [1.29, 1.82) is 0 Å². The largest absolute Gasteiger partial charge is 0.508 e. The van der Waals surface area contributed by atoms with Crippen molar-refractivity contribution in [2.75, 3.05) is 13.1 Å². The molecule has 5 aliphatic rings. The molecule has 3 N–H and O–H groups in total. The quantitative estimate of drug-likeness (QED) is 0.457. The van der Waals surface area contributed by atoms with E-state index in [1.807, 2.05) is 12.1 Å². The van der Waals surface area contributed by atoms with Crippen LogP contribution in [0.25, 0.3) is 0 Å². The van der Waals surface area contributed by atoms with Gasteiger partial charge in [0.1, 0.15) is 5.75 Å². The van der Waals surface area contributed by atoms with Gasteiger partial charge in [-0.05, 0) is 98.1 Å². The van der Waals surface area contributed by atoms with Crippen LogP contribution in [0.15, 0.2) is 24.3 Å². The van der Waals surface area contributed by atoms with E-state index in [-0.39, 0.29) is 29.2 Å². The van der Waals surface area contributed by atoms with Crippen LogP contribution in [0.3, 0.4) is 0 Å². The van der Waals surface area contributed by atoms with Gasteiger partial charge in [0, 0.05) is 25.6 Å². The van der Waals surface area contributed by atoms with Crippen molar-refractivity contribution in [2.24, 2.45) is 29.1 Å². The number of phenols is 1. The molecular formula is C29H41N3O4. The SMILES string of the molecule is CC(C)C[C@H]1CNC(=O)C(=O)N1C[C@H](Cc1ccc(O)cc1)NC(=O)CC12CC3CC(CC(C3)C1)C2. The van der Waals surface area contributed by atoms with E-state index in [0.29, 0.717) is 31.8 Å². The van der Waals surface area contributed by atoms with E-state index in [9.17, 15) is 19.5 Å². The van der Waals surface area contributed by atoms with Gasteiger partial charge in [0.15, 0.2) is 0 Å². The number of amides is 3. The molecule has 4 bridgehead atoms. The van der Waals surface area contributed by atoms with Gasteiger partial charge < -0.3 is 20.6 Å². The molecule has 7 nitrogen and oxygen atoms in total. The van der Waals surface area contributed by atoms with E-state index in [1.54, 1.807) is 17.0 Å². The summed E-state index contributed by atoms with van der Waals surface area (Å²) in [5.74, 6) is 1.92. The summed E-state index contributed by atoms with van der Waals surface area (Å²) < 4.78 is 0. The molecule has 196 valence electrons. The first-order valence-corrected chi connectivity index (χ1v) is 13.8. The van der Waals surface area contributed by atoms with Crippen LogP contribution in [-0.2, 0) is 20.8 Å². The Kier molecular flexibility index (Phi) is 7.01. The van der Waals surface area contributed by atoms with E-state index in [4.69, 9.17) is 0 Å². The number of carbonyl (C=O) groups is 3. The first-order chi connectivity index (χ1) is 17.2. The molecule has 1 saturated heterocycles. The highest BCUT2D eigenvalue weighted by Gasteiger charge is 2.51. The monoisotopic (exact) mass is 495 g/mol. The fraction of sp³-hybridized carbons (Fsp3) is 0.690. The van der Waals surface area contributed by atoms with Gasteiger partial charge >= 0.3 is 11.8 Å². The molecule has 4 saturated carbocycles. The van der Waals surface area contributed by atoms with Crippen LogP contribution >= 0.6 is 0 Å². The summed E-state index contributed by atoms with van der Waals surface area (Å²) in [5, 5.41) is 15.7. The van der Waals surface area contributed by atoms with Crippen molar-refractivity contribution in [3.8, 4) is 5.75 Å². The third kappa shape index (κ3) is 5.55. The lowest BCUT2D eigenvalue weighted by Gasteiger charge is -2.56. The van der Waals surface area contributed by atoms with Crippen LogP contribution in [-0.4, -0.2) is 52.9 Å². The fourth-order valence-electron chi connectivity index (χ4n) is 8.12. The molecule has 2 atom stereocenters. The van der Waals surface area contributed by atoms with Crippen LogP contribution in [0.5, 0.6) is 5.75 Å². The van der Waals surface area contributed by atoms with Crippen molar-refractivity contribution >= 4 is 17.7 Å². The van der Waals surface area contributed by atoms with Gasteiger partial charge in [-0.15, -0.1) is 0 Å². The molecule has 1 aromatic rings. The smallest absolute Gasteiger partial charge is 0.312 e. The highest BCUT2D eigenvalue weighted by molar-refractivity contribution is 6.35. The Morgan fingerprint density at radius 2 is 1.69 bits per heavy atom. The van der Waals surface area contributed by atoms with E-state index < -0.39 is 11.8 Å². The predicted molar refractivity (Wildman–Crippen MR) is 137 cm³/mol. The van der Waals surface area contributed by atoms with Gasteiger partial charge in [0.2, 0.25) is 5.91 Å². The molecule has 1 aliphatic heterocycles. The zero-order valence-electron chi connectivity index (χ0n) is 21.7. The first-order valence-electron chi connectivity index (χ1n) is 13.8. The molecule has 7 heteroatoms.